The lowest BCUT2D eigenvalue weighted by Crippen LogP contribution is -2.09. The predicted octanol–water partition coefficient (Wildman–Crippen LogP) is 3.06. The van der Waals surface area contributed by atoms with Crippen molar-refractivity contribution in [1.29, 1.82) is 0 Å². The fraction of sp³-hybridized carbons (Fsp3) is 0.308. The van der Waals surface area contributed by atoms with E-state index in [9.17, 15) is 5.11 Å². The molecule has 4 heteroatoms. The Balaban J connectivity index is 2.39. The summed E-state index contributed by atoms with van der Waals surface area (Å²) in [5.74, 6) is 0. The second-order valence-corrected chi connectivity index (χ2v) is 4.86. The topological polar surface area (TPSA) is 38.0 Å². The van der Waals surface area contributed by atoms with Gasteiger partial charge in [-0.3, -0.25) is 4.68 Å². The molecule has 90 valence electrons. The van der Waals surface area contributed by atoms with E-state index < -0.39 is 6.10 Å². The molecular weight excluding hydrogens is 280 g/mol. The fourth-order valence-corrected chi connectivity index (χ4v) is 2.32. The summed E-state index contributed by atoms with van der Waals surface area (Å²) < 4.78 is 2.64. The molecule has 0 saturated heterocycles. The van der Waals surface area contributed by atoms with Crippen LogP contribution in [0.25, 0.3) is 0 Å². The van der Waals surface area contributed by atoms with Crippen LogP contribution in [0.5, 0.6) is 0 Å². The standard InChI is InChI=1S/C13H15BrN2O/c1-3-16-12(11(14)8-15-16)13(17)10-6-4-9(2)5-7-10/h4-8,13,17H,3H2,1-2H3. The smallest absolute Gasteiger partial charge is 0.122 e. The Morgan fingerprint density at radius 3 is 2.59 bits per heavy atom. The van der Waals surface area contributed by atoms with Crippen LogP contribution >= 0.6 is 15.9 Å². The summed E-state index contributed by atoms with van der Waals surface area (Å²) in [4.78, 5) is 0. The maximum absolute atomic E-state index is 10.4. The fourth-order valence-electron chi connectivity index (χ4n) is 1.80. The number of benzene rings is 1. The van der Waals surface area contributed by atoms with Gasteiger partial charge in [0.2, 0.25) is 0 Å². The summed E-state index contributed by atoms with van der Waals surface area (Å²) in [5, 5.41) is 14.6. The molecule has 0 saturated carbocycles. The molecular formula is C13H15BrN2O. The van der Waals surface area contributed by atoms with E-state index in [2.05, 4.69) is 21.0 Å². The highest BCUT2D eigenvalue weighted by molar-refractivity contribution is 9.10. The Morgan fingerprint density at radius 1 is 1.35 bits per heavy atom. The number of aliphatic hydroxyl groups is 1. The highest BCUT2D eigenvalue weighted by Gasteiger charge is 2.18. The molecule has 1 aromatic carbocycles. The largest absolute Gasteiger partial charge is 0.382 e. The van der Waals surface area contributed by atoms with E-state index in [1.54, 1.807) is 10.9 Å². The first-order chi connectivity index (χ1) is 8.13. The maximum atomic E-state index is 10.4. The van der Waals surface area contributed by atoms with Crippen molar-refractivity contribution in [2.24, 2.45) is 0 Å². The van der Waals surface area contributed by atoms with Gasteiger partial charge in [0, 0.05) is 6.54 Å². The second kappa shape index (κ2) is 5.02. The van der Waals surface area contributed by atoms with Gasteiger partial charge >= 0.3 is 0 Å². The SMILES string of the molecule is CCn1ncc(Br)c1C(O)c1ccc(C)cc1. The van der Waals surface area contributed by atoms with Gasteiger partial charge in [0.15, 0.2) is 0 Å². The van der Waals surface area contributed by atoms with Crippen LogP contribution in [0.3, 0.4) is 0 Å². The highest BCUT2D eigenvalue weighted by atomic mass is 79.9. The number of aromatic nitrogens is 2. The summed E-state index contributed by atoms with van der Waals surface area (Å²) in [7, 11) is 0. The molecule has 17 heavy (non-hydrogen) atoms. The Hall–Kier alpha value is -1.13. The average molecular weight is 295 g/mol. The Morgan fingerprint density at radius 2 is 2.00 bits per heavy atom. The molecule has 0 bridgehead atoms. The van der Waals surface area contributed by atoms with Gasteiger partial charge in [-0.25, -0.2) is 0 Å². The second-order valence-electron chi connectivity index (χ2n) is 4.01. The molecule has 1 unspecified atom stereocenters. The minimum absolute atomic E-state index is 0.646. The van der Waals surface area contributed by atoms with Gasteiger partial charge in [-0.2, -0.15) is 5.10 Å². The number of aliphatic hydroxyl groups excluding tert-OH is 1. The Labute approximate surface area is 109 Å². The zero-order chi connectivity index (χ0) is 12.4. The summed E-state index contributed by atoms with van der Waals surface area (Å²) in [6.07, 6.45) is 1.07. The van der Waals surface area contributed by atoms with Crippen LogP contribution < -0.4 is 0 Å². The number of hydrogen-bond acceptors (Lipinski definition) is 2. The van der Waals surface area contributed by atoms with Crippen LogP contribution in [-0.2, 0) is 6.54 Å². The molecule has 1 atom stereocenters. The molecule has 1 heterocycles. The van der Waals surface area contributed by atoms with E-state index in [0.717, 1.165) is 22.3 Å². The van der Waals surface area contributed by atoms with Gasteiger partial charge in [0.25, 0.3) is 0 Å². The van der Waals surface area contributed by atoms with Gasteiger partial charge in [-0.1, -0.05) is 29.8 Å². The number of aryl methyl sites for hydroxylation is 2. The molecule has 0 spiro atoms. The van der Waals surface area contributed by atoms with Crippen molar-refractivity contribution in [2.45, 2.75) is 26.5 Å². The molecule has 0 radical (unpaired) electrons. The first-order valence-corrected chi connectivity index (χ1v) is 6.38. The summed E-state index contributed by atoms with van der Waals surface area (Å²) in [6.45, 7) is 4.77. The van der Waals surface area contributed by atoms with E-state index in [-0.39, 0.29) is 0 Å². The van der Waals surface area contributed by atoms with Crippen molar-refractivity contribution in [3.05, 3.63) is 51.8 Å². The van der Waals surface area contributed by atoms with E-state index in [0.29, 0.717) is 0 Å². The van der Waals surface area contributed by atoms with Crippen molar-refractivity contribution >= 4 is 15.9 Å². The number of nitrogens with zero attached hydrogens (tertiary/aromatic N) is 2. The molecule has 0 aliphatic heterocycles. The minimum Gasteiger partial charge on any atom is -0.382 e. The number of halogens is 1. The molecule has 2 rings (SSSR count). The van der Waals surface area contributed by atoms with Gasteiger partial charge in [0.05, 0.1) is 16.4 Å². The minimum atomic E-state index is -0.646. The summed E-state index contributed by atoms with van der Waals surface area (Å²) in [5.41, 5.74) is 2.87. The molecule has 0 aliphatic rings. The van der Waals surface area contributed by atoms with Crippen LogP contribution in [0.15, 0.2) is 34.9 Å². The van der Waals surface area contributed by atoms with Crippen LogP contribution in [0.4, 0.5) is 0 Å². The lowest BCUT2D eigenvalue weighted by molar-refractivity contribution is 0.207. The lowest BCUT2D eigenvalue weighted by Gasteiger charge is -2.13. The van der Waals surface area contributed by atoms with E-state index in [4.69, 9.17) is 0 Å². The zero-order valence-electron chi connectivity index (χ0n) is 9.89. The van der Waals surface area contributed by atoms with Crippen LogP contribution in [0.1, 0.15) is 29.8 Å². The van der Waals surface area contributed by atoms with Crippen molar-refractivity contribution in [2.75, 3.05) is 0 Å². The third kappa shape index (κ3) is 2.42. The zero-order valence-corrected chi connectivity index (χ0v) is 11.5. The van der Waals surface area contributed by atoms with Gasteiger partial charge < -0.3 is 5.11 Å². The van der Waals surface area contributed by atoms with E-state index in [1.165, 1.54) is 5.56 Å². The van der Waals surface area contributed by atoms with Crippen LogP contribution in [0.2, 0.25) is 0 Å². The van der Waals surface area contributed by atoms with Gasteiger partial charge in [-0.15, -0.1) is 0 Å². The molecule has 2 aromatic rings. The number of hydrogen-bond donors (Lipinski definition) is 1. The van der Waals surface area contributed by atoms with Gasteiger partial charge in [0.1, 0.15) is 6.10 Å². The monoisotopic (exact) mass is 294 g/mol. The first-order valence-electron chi connectivity index (χ1n) is 5.59. The Bertz CT molecular complexity index is 505. The highest BCUT2D eigenvalue weighted by Crippen LogP contribution is 2.28. The van der Waals surface area contributed by atoms with Crippen molar-refractivity contribution < 1.29 is 5.11 Å². The number of rotatable bonds is 3. The van der Waals surface area contributed by atoms with Crippen LogP contribution in [-0.4, -0.2) is 14.9 Å². The molecule has 3 nitrogen and oxygen atoms in total. The summed E-state index contributed by atoms with van der Waals surface area (Å²) in [6, 6.07) is 7.89. The predicted molar refractivity (Wildman–Crippen MR) is 70.8 cm³/mol. The first kappa shape index (κ1) is 12.3. The average Bonchev–Trinajstić information content (AvgIpc) is 2.70. The molecule has 1 N–H and O–H groups in total. The Kier molecular flexibility index (Phi) is 3.64. The summed E-state index contributed by atoms with van der Waals surface area (Å²) >= 11 is 3.43. The van der Waals surface area contributed by atoms with Crippen molar-refractivity contribution in [3.8, 4) is 0 Å². The normalized spacial score (nSPS) is 12.7. The quantitative estimate of drug-likeness (QED) is 0.945. The molecule has 0 aliphatic carbocycles. The molecule has 0 amide bonds. The molecule has 0 fully saturated rings. The lowest BCUT2D eigenvalue weighted by atomic mass is 10.1. The van der Waals surface area contributed by atoms with Crippen molar-refractivity contribution in [3.63, 3.8) is 0 Å². The van der Waals surface area contributed by atoms with E-state index >= 15 is 0 Å². The van der Waals surface area contributed by atoms with E-state index in [1.807, 2.05) is 38.1 Å². The van der Waals surface area contributed by atoms with Crippen LogP contribution in [0, 0.1) is 6.92 Å². The molecule has 1 aromatic heterocycles. The maximum Gasteiger partial charge on any atom is 0.122 e. The third-order valence-corrected chi connectivity index (χ3v) is 3.40. The third-order valence-electron chi connectivity index (χ3n) is 2.78. The van der Waals surface area contributed by atoms with Crippen molar-refractivity contribution in [1.82, 2.24) is 9.78 Å². The van der Waals surface area contributed by atoms with Gasteiger partial charge in [-0.05, 0) is 35.3 Å².